The first-order chi connectivity index (χ1) is 14.6. The molecule has 0 radical (unpaired) electrons. The second-order valence-electron chi connectivity index (χ2n) is 7.39. The molecule has 0 aliphatic rings. The van der Waals surface area contributed by atoms with Gasteiger partial charge in [-0.05, 0) is 36.4 Å². The third kappa shape index (κ3) is 3.90. The lowest BCUT2D eigenvalue weighted by molar-refractivity contribution is -0.141. The van der Waals surface area contributed by atoms with Crippen LogP contribution in [0.3, 0.4) is 0 Å². The van der Waals surface area contributed by atoms with Crippen LogP contribution in [0, 0.1) is 0 Å². The van der Waals surface area contributed by atoms with E-state index in [1.54, 1.807) is 41.9 Å². The molecule has 9 heteroatoms. The Kier molecular flexibility index (Phi) is 5.04. The van der Waals surface area contributed by atoms with Gasteiger partial charge in [-0.2, -0.15) is 13.2 Å². The number of hydrogen-bond acceptors (Lipinski definition) is 4. The summed E-state index contributed by atoms with van der Waals surface area (Å²) in [6.07, 6.45) is -1.27. The Bertz CT molecular complexity index is 1310. The van der Waals surface area contributed by atoms with Gasteiger partial charge in [0.1, 0.15) is 22.8 Å². The minimum Gasteiger partial charge on any atom is -0.439 e. The summed E-state index contributed by atoms with van der Waals surface area (Å²) in [5.74, 6) is 1.59. The van der Waals surface area contributed by atoms with Gasteiger partial charge in [-0.15, -0.1) is 0 Å². The average molecular weight is 428 g/mol. The molecule has 0 aliphatic carbocycles. The van der Waals surface area contributed by atoms with Gasteiger partial charge in [-0.3, -0.25) is 13.8 Å². The van der Waals surface area contributed by atoms with Crippen molar-refractivity contribution in [3.8, 4) is 22.9 Å². The van der Waals surface area contributed by atoms with Gasteiger partial charge < -0.3 is 4.74 Å². The van der Waals surface area contributed by atoms with Crippen molar-refractivity contribution in [1.82, 2.24) is 18.9 Å². The van der Waals surface area contributed by atoms with Crippen LogP contribution < -0.4 is 10.3 Å². The van der Waals surface area contributed by atoms with Gasteiger partial charge in [-0.25, -0.2) is 9.97 Å². The van der Waals surface area contributed by atoms with Crippen LogP contribution in [0.4, 0.5) is 13.2 Å². The molecule has 0 aliphatic heterocycles. The highest BCUT2D eigenvalue weighted by atomic mass is 19.4. The first-order valence-electron chi connectivity index (χ1n) is 9.54. The van der Waals surface area contributed by atoms with E-state index in [9.17, 15) is 18.0 Å². The summed E-state index contributed by atoms with van der Waals surface area (Å²) in [6.45, 7) is 3.96. The molecule has 0 amide bonds. The van der Waals surface area contributed by atoms with E-state index < -0.39 is 11.9 Å². The molecule has 4 rings (SSSR count). The molecule has 1 aromatic carbocycles. The van der Waals surface area contributed by atoms with Gasteiger partial charge in [0.05, 0.1) is 18.1 Å². The molecule has 0 unspecified atom stereocenters. The molecule has 31 heavy (non-hydrogen) atoms. The summed E-state index contributed by atoms with van der Waals surface area (Å²) in [5, 5.41) is 0. The number of halogens is 3. The molecule has 0 N–H and O–H groups in total. The number of hydrogen-bond donors (Lipinski definition) is 0. The zero-order chi connectivity index (χ0) is 22.3. The maximum Gasteiger partial charge on any atom is 0.433 e. The van der Waals surface area contributed by atoms with E-state index >= 15 is 0 Å². The smallest absolute Gasteiger partial charge is 0.433 e. The molecule has 0 bridgehead atoms. The zero-order valence-corrected chi connectivity index (χ0v) is 17.0. The number of fused-ring (bicyclic) bond motifs is 1. The second-order valence-corrected chi connectivity index (χ2v) is 7.39. The van der Waals surface area contributed by atoms with Crippen LogP contribution in [0.2, 0.25) is 0 Å². The molecule has 160 valence electrons. The number of ether oxygens (including phenoxy) is 1. The standard InChI is InChI=1S/C22H19F3N4O2/c1-13(2)20-26-11-17-21(30)28(3)19(12-29(17)20)31-15-9-7-14(8-10-15)16-5-4-6-18(27-16)22(23,24)25/h4-13H,1-3H3. The van der Waals surface area contributed by atoms with Crippen molar-refractivity contribution in [2.24, 2.45) is 7.05 Å². The van der Waals surface area contributed by atoms with E-state index in [1.807, 2.05) is 13.8 Å². The molecule has 6 nitrogen and oxygen atoms in total. The van der Waals surface area contributed by atoms with Crippen LogP contribution >= 0.6 is 0 Å². The number of aromatic nitrogens is 4. The molecule has 3 heterocycles. The Morgan fingerprint density at radius 3 is 2.42 bits per heavy atom. The van der Waals surface area contributed by atoms with Crippen molar-refractivity contribution in [2.45, 2.75) is 25.9 Å². The Hall–Kier alpha value is -3.62. The highest BCUT2D eigenvalue weighted by Crippen LogP contribution is 2.30. The summed E-state index contributed by atoms with van der Waals surface area (Å²) in [4.78, 5) is 20.7. The average Bonchev–Trinajstić information content (AvgIpc) is 3.16. The van der Waals surface area contributed by atoms with Crippen molar-refractivity contribution in [1.29, 1.82) is 0 Å². The van der Waals surface area contributed by atoms with E-state index in [-0.39, 0.29) is 17.2 Å². The Morgan fingerprint density at radius 2 is 1.77 bits per heavy atom. The monoisotopic (exact) mass is 428 g/mol. The van der Waals surface area contributed by atoms with E-state index in [2.05, 4.69) is 9.97 Å². The van der Waals surface area contributed by atoms with E-state index in [0.717, 1.165) is 11.9 Å². The maximum atomic E-state index is 12.9. The minimum absolute atomic E-state index is 0.113. The highest BCUT2D eigenvalue weighted by Gasteiger charge is 2.32. The predicted molar refractivity (Wildman–Crippen MR) is 109 cm³/mol. The fourth-order valence-corrected chi connectivity index (χ4v) is 3.23. The van der Waals surface area contributed by atoms with Gasteiger partial charge >= 0.3 is 6.18 Å². The minimum atomic E-state index is -4.51. The fraction of sp³-hybridized carbons (Fsp3) is 0.227. The van der Waals surface area contributed by atoms with Gasteiger partial charge in [0, 0.05) is 18.5 Å². The van der Waals surface area contributed by atoms with Crippen LogP contribution in [0.5, 0.6) is 11.6 Å². The summed E-state index contributed by atoms with van der Waals surface area (Å²) in [7, 11) is 1.60. The predicted octanol–water partition coefficient (Wildman–Crippen LogP) is 5.03. The molecule has 3 aromatic heterocycles. The summed E-state index contributed by atoms with van der Waals surface area (Å²) < 4.78 is 47.7. The van der Waals surface area contributed by atoms with Crippen LogP contribution in [-0.2, 0) is 13.2 Å². The number of alkyl halides is 3. The molecular formula is C22H19F3N4O2. The Balaban J connectivity index is 1.66. The number of nitrogens with zero attached hydrogens (tertiary/aromatic N) is 4. The van der Waals surface area contributed by atoms with Crippen LogP contribution in [0.25, 0.3) is 16.8 Å². The number of rotatable bonds is 4. The summed E-state index contributed by atoms with van der Waals surface area (Å²) in [6, 6.07) is 10.2. The van der Waals surface area contributed by atoms with Crippen molar-refractivity contribution in [3.05, 3.63) is 76.7 Å². The van der Waals surface area contributed by atoms with Gasteiger partial charge in [0.2, 0.25) is 5.88 Å². The highest BCUT2D eigenvalue weighted by molar-refractivity contribution is 5.60. The molecule has 0 spiro atoms. The van der Waals surface area contributed by atoms with Crippen molar-refractivity contribution in [2.75, 3.05) is 0 Å². The lowest BCUT2D eigenvalue weighted by Gasteiger charge is -2.13. The maximum absolute atomic E-state index is 12.9. The third-order valence-electron chi connectivity index (χ3n) is 4.85. The van der Waals surface area contributed by atoms with Crippen molar-refractivity contribution in [3.63, 3.8) is 0 Å². The van der Waals surface area contributed by atoms with E-state index in [0.29, 0.717) is 22.7 Å². The van der Waals surface area contributed by atoms with E-state index in [1.165, 1.54) is 22.9 Å². The quantitative estimate of drug-likeness (QED) is 0.458. The molecule has 0 saturated heterocycles. The molecule has 0 fully saturated rings. The van der Waals surface area contributed by atoms with Crippen LogP contribution in [0.15, 0.2) is 59.7 Å². The third-order valence-corrected chi connectivity index (χ3v) is 4.85. The lowest BCUT2D eigenvalue weighted by Crippen LogP contribution is -2.20. The molecular weight excluding hydrogens is 409 g/mol. The molecule has 0 atom stereocenters. The Morgan fingerprint density at radius 1 is 1.06 bits per heavy atom. The SMILES string of the molecule is CC(C)c1ncc2c(=O)n(C)c(Oc3ccc(-c4cccc(C(F)(F)F)n4)cc3)cn12. The lowest BCUT2D eigenvalue weighted by atomic mass is 10.1. The van der Waals surface area contributed by atoms with Crippen molar-refractivity contribution >= 4 is 5.52 Å². The largest absolute Gasteiger partial charge is 0.439 e. The zero-order valence-electron chi connectivity index (χ0n) is 17.0. The number of pyridine rings is 1. The fourth-order valence-electron chi connectivity index (χ4n) is 3.23. The number of imidazole rings is 1. The topological polar surface area (TPSA) is 61.4 Å². The van der Waals surface area contributed by atoms with Gasteiger partial charge in [0.25, 0.3) is 5.56 Å². The normalized spacial score (nSPS) is 12.0. The number of benzene rings is 1. The van der Waals surface area contributed by atoms with Crippen LogP contribution in [0.1, 0.15) is 31.3 Å². The van der Waals surface area contributed by atoms with Gasteiger partial charge in [-0.1, -0.05) is 19.9 Å². The van der Waals surface area contributed by atoms with Crippen molar-refractivity contribution < 1.29 is 17.9 Å². The molecule has 4 aromatic rings. The second kappa shape index (κ2) is 7.57. The Labute approximate surface area is 175 Å². The van der Waals surface area contributed by atoms with Gasteiger partial charge in [0.15, 0.2) is 0 Å². The molecule has 0 saturated carbocycles. The first kappa shape index (κ1) is 20.6. The first-order valence-corrected chi connectivity index (χ1v) is 9.54. The summed E-state index contributed by atoms with van der Waals surface area (Å²) in [5.41, 5.74) is -0.0317. The summed E-state index contributed by atoms with van der Waals surface area (Å²) >= 11 is 0. The van der Waals surface area contributed by atoms with Crippen LogP contribution in [-0.4, -0.2) is 18.9 Å². The van der Waals surface area contributed by atoms with E-state index in [4.69, 9.17) is 4.74 Å².